The van der Waals surface area contributed by atoms with Crippen molar-refractivity contribution in [2.45, 2.75) is 25.9 Å². The number of amides is 2. The van der Waals surface area contributed by atoms with E-state index in [2.05, 4.69) is 5.32 Å². The molecule has 7 heteroatoms. The Balaban J connectivity index is 1.93. The van der Waals surface area contributed by atoms with Gasteiger partial charge in [0.25, 0.3) is 0 Å². The van der Waals surface area contributed by atoms with Crippen molar-refractivity contribution in [3.63, 3.8) is 0 Å². The van der Waals surface area contributed by atoms with Crippen molar-refractivity contribution < 1.29 is 22.7 Å². The zero-order valence-corrected chi connectivity index (χ0v) is 12.3. The molecular weight excluding hydrogens is 297 g/mol. The number of likely N-dealkylation sites (tertiary alicyclic amines) is 1. The van der Waals surface area contributed by atoms with Crippen LogP contribution >= 0.6 is 0 Å². The monoisotopic (exact) mass is 316 g/mol. The van der Waals surface area contributed by atoms with Crippen LogP contribution in [0.4, 0.5) is 23.7 Å². The lowest BCUT2D eigenvalue weighted by Crippen LogP contribution is -2.46. The number of rotatable bonds is 3. The van der Waals surface area contributed by atoms with Crippen LogP contribution in [-0.4, -0.2) is 36.8 Å². The highest BCUT2D eigenvalue weighted by Crippen LogP contribution is 2.33. The normalized spacial score (nSPS) is 18.9. The fraction of sp³-hybridized carbons (Fsp3) is 0.533. The maximum Gasteiger partial charge on any atom is 0.393 e. The first kappa shape index (κ1) is 16.5. The summed E-state index contributed by atoms with van der Waals surface area (Å²) in [6.45, 7) is 2.46. The summed E-state index contributed by atoms with van der Waals surface area (Å²) in [4.78, 5) is 13.3. The second-order valence-corrected chi connectivity index (χ2v) is 5.21. The Bertz CT molecular complexity index is 503. The number of hydrogen-bond acceptors (Lipinski definition) is 2. The number of nitrogens with zero attached hydrogens (tertiary/aromatic N) is 1. The third-order valence-corrected chi connectivity index (χ3v) is 3.59. The number of benzene rings is 1. The largest absolute Gasteiger partial charge is 0.494 e. The minimum Gasteiger partial charge on any atom is -0.494 e. The average molecular weight is 316 g/mol. The van der Waals surface area contributed by atoms with E-state index in [1.54, 1.807) is 24.3 Å². The molecule has 0 radical (unpaired) electrons. The lowest BCUT2D eigenvalue weighted by atomic mass is 9.98. The first-order valence-electron chi connectivity index (χ1n) is 7.25. The fourth-order valence-corrected chi connectivity index (χ4v) is 2.43. The van der Waals surface area contributed by atoms with Crippen molar-refractivity contribution in [2.75, 3.05) is 25.0 Å². The van der Waals surface area contributed by atoms with E-state index < -0.39 is 18.1 Å². The molecule has 1 aromatic rings. The van der Waals surface area contributed by atoms with Crippen LogP contribution in [0, 0.1) is 5.92 Å². The number of nitrogens with one attached hydrogen (secondary N) is 1. The summed E-state index contributed by atoms with van der Waals surface area (Å²) in [7, 11) is 0. The van der Waals surface area contributed by atoms with E-state index in [0.29, 0.717) is 31.0 Å². The van der Waals surface area contributed by atoms with E-state index in [0.717, 1.165) is 0 Å². The van der Waals surface area contributed by atoms with E-state index >= 15 is 0 Å². The van der Waals surface area contributed by atoms with Gasteiger partial charge in [-0.25, -0.2) is 4.79 Å². The van der Waals surface area contributed by atoms with Gasteiger partial charge >= 0.3 is 12.2 Å². The topological polar surface area (TPSA) is 41.6 Å². The molecule has 0 saturated carbocycles. The summed E-state index contributed by atoms with van der Waals surface area (Å²) in [6.07, 6.45) is -3.81. The SMILES string of the molecule is CCOc1ccc(NC(=O)N2CCC[C@@H](C(F)(F)F)C2)cc1. The molecule has 1 N–H and O–H groups in total. The molecule has 0 aromatic heterocycles. The summed E-state index contributed by atoms with van der Waals surface area (Å²) < 4.78 is 43.5. The Kier molecular flexibility index (Phi) is 5.15. The third kappa shape index (κ3) is 4.29. The maximum absolute atomic E-state index is 12.7. The molecule has 0 spiro atoms. The highest BCUT2D eigenvalue weighted by Gasteiger charge is 2.42. The van der Waals surface area contributed by atoms with Crippen LogP contribution in [0.1, 0.15) is 19.8 Å². The van der Waals surface area contributed by atoms with Gasteiger partial charge in [0.1, 0.15) is 5.75 Å². The summed E-state index contributed by atoms with van der Waals surface area (Å²) in [5.74, 6) is -0.761. The van der Waals surface area contributed by atoms with Crippen molar-refractivity contribution in [1.82, 2.24) is 4.90 Å². The third-order valence-electron chi connectivity index (χ3n) is 3.59. The van der Waals surface area contributed by atoms with Gasteiger partial charge in [-0.1, -0.05) is 0 Å². The van der Waals surface area contributed by atoms with Crippen LogP contribution in [0.3, 0.4) is 0 Å². The lowest BCUT2D eigenvalue weighted by Gasteiger charge is -2.33. The first-order valence-corrected chi connectivity index (χ1v) is 7.25. The van der Waals surface area contributed by atoms with Crippen LogP contribution in [0.5, 0.6) is 5.75 Å². The molecular formula is C15H19F3N2O2. The van der Waals surface area contributed by atoms with Gasteiger partial charge in [-0.2, -0.15) is 13.2 Å². The maximum atomic E-state index is 12.7. The number of piperidine rings is 1. The molecule has 1 saturated heterocycles. The Hall–Kier alpha value is -1.92. The number of halogens is 3. The molecule has 22 heavy (non-hydrogen) atoms. The zero-order valence-electron chi connectivity index (χ0n) is 12.3. The van der Waals surface area contributed by atoms with Crippen LogP contribution in [-0.2, 0) is 0 Å². The number of anilines is 1. The highest BCUT2D eigenvalue weighted by atomic mass is 19.4. The minimum atomic E-state index is -4.25. The van der Waals surface area contributed by atoms with Crippen molar-refractivity contribution in [2.24, 2.45) is 5.92 Å². The molecule has 2 rings (SSSR count). The summed E-state index contributed by atoms with van der Waals surface area (Å²) in [5.41, 5.74) is 0.530. The van der Waals surface area contributed by atoms with Crippen molar-refractivity contribution in [3.8, 4) is 5.75 Å². The van der Waals surface area contributed by atoms with Crippen LogP contribution in [0.15, 0.2) is 24.3 Å². The summed E-state index contributed by atoms with van der Waals surface area (Å²) in [6, 6.07) is 6.22. The van der Waals surface area contributed by atoms with Gasteiger partial charge in [-0.05, 0) is 44.0 Å². The van der Waals surface area contributed by atoms with Gasteiger partial charge < -0.3 is 15.0 Å². The van der Waals surface area contributed by atoms with E-state index in [1.165, 1.54) is 4.90 Å². The second kappa shape index (κ2) is 6.89. The van der Waals surface area contributed by atoms with E-state index in [4.69, 9.17) is 4.74 Å². The van der Waals surface area contributed by atoms with E-state index in [9.17, 15) is 18.0 Å². The Morgan fingerprint density at radius 2 is 2.05 bits per heavy atom. The smallest absolute Gasteiger partial charge is 0.393 e. The Morgan fingerprint density at radius 1 is 1.36 bits per heavy atom. The molecule has 1 aliphatic heterocycles. The van der Waals surface area contributed by atoms with Crippen molar-refractivity contribution >= 4 is 11.7 Å². The number of ether oxygens (including phenoxy) is 1. The molecule has 0 bridgehead atoms. The molecule has 2 amide bonds. The van der Waals surface area contributed by atoms with Gasteiger partial charge in [0, 0.05) is 18.8 Å². The molecule has 0 unspecified atom stereocenters. The number of urea groups is 1. The van der Waals surface area contributed by atoms with Crippen molar-refractivity contribution in [3.05, 3.63) is 24.3 Å². The first-order chi connectivity index (χ1) is 10.4. The van der Waals surface area contributed by atoms with Gasteiger partial charge in [0.2, 0.25) is 0 Å². The predicted octanol–water partition coefficient (Wildman–Crippen LogP) is 3.89. The Labute approximate surface area is 127 Å². The predicted molar refractivity (Wildman–Crippen MR) is 77.0 cm³/mol. The zero-order chi connectivity index (χ0) is 16.2. The highest BCUT2D eigenvalue weighted by molar-refractivity contribution is 5.89. The molecule has 0 aliphatic carbocycles. The van der Waals surface area contributed by atoms with E-state index in [1.807, 2.05) is 6.92 Å². The number of carbonyl (C=O) groups is 1. The molecule has 1 heterocycles. The number of hydrogen-bond donors (Lipinski definition) is 1. The summed E-state index contributed by atoms with van der Waals surface area (Å²) in [5, 5.41) is 2.62. The van der Waals surface area contributed by atoms with Crippen LogP contribution in [0.2, 0.25) is 0 Å². The quantitative estimate of drug-likeness (QED) is 0.919. The van der Waals surface area contributed by atoms with Gasteiger partial charge in [-0.15, -0.1) is 0 Å². The number of alkyl halides is 3. The molecule has 1 aromatic carbocycles. The van der Waals surface area contributed by atoms with Gasteiger partial charge in [0.15, 0.2) is 0 Å². The van der Waals surface area contributed by atoms with Gasteiger partial charge in [-0.3, -0.25) is 0 Å². The Morgan fingerprint density at radius 3 is 2.64 bits per heavy atom. The van der Waals surface area contributed by atoms with Gasteiger partial charge in [0.05, 0.1) is 12.5 Å². The average Bonchev–Trinajstić information content (AvgIpc) is 2.49. The molecule has 1 aliphatic rings. The summed E-state index contributed by atoms with van der Waals surface area (Å²) >= 11 is 0. The second-order valence-electron chi connectivity index (χ2n) is 5.21. The fourth-order valence-electron chi connectivity index (χ4n) is 2.43. The van der Waals surface area contributed by atoms with Crippen LogP contribution in [0.25, 0.3) is 0 Å². The molecule has 1 fully saturated rings. The standard InChI is InChI=1S/C15H19F3N2O2/c1-2-22-13-7-5-12(6-8-13)19-14(21)20-9-3-4-11(10-20)15(16,17)18/h5-8,11H,2-4,9-10H2,1H3,(H,19,21)/t11-/m1/s1. The molecule has 122 valence electrons. The van der Waals surface area contributed by atoms with Crippen molar-refractivity contribution in [1.29, 1.82) is 0 Å². The number of carbonyl (C=O) groups excluding carboxylic acids is 1. The minimum absolute atomic E-state index is 0.0797. The molecule has 4 nitrogen and oxygen atoms in total. The van der Waals surface area contributed by atoms with Crippen LogP contribution < -0.4 is 10.1 Å². The lowest BCUT2D eigenvalue weighted by molar-refractivity contribution is -0.183. The van der Waals surface area contributed by atoms with E-state index in [-0.39, 0.29) is 13.0 Å². The molecule has 1 atom stereocenters.